The summed E-state index contributed by atoms with van der Waals surface area (Å²) in [4.78, 5) is 11.3. The van der Waals surface area contributed by atoms with E-state index in [0.29, 0.717) is 12.0 Å². The first-order chi connectivity index (χ1) is 10.1. The fourth-order valence-electron chi connectivity index (χ4n) is 1.73. The second kappa shape index (κ2) is 6.68. The molecule has 0 amide bonds. The van der Waals surface area contributed by atoms with Crippen molar-refractivity contribution in [3.8, 4) is 11.5 Å². The van der Waals surface area contributed by atoms with Crippen molar-refractivity contribution >= 4 is 18.9 Å². The van der Waals surface area contributed by atoms with Gasteiger partial charge in [-0.15, -0.1) is 0 Å². The lowest BCUT2D eigenvalue weighted by Crippen LogP contribution is -2.53. The first-order valence-electron chi connectivity index (χ1n) is 6.86. The van der Waals surface area contributed by atoms with Crippen LogP contribution in [0, 0.1) is 0 Å². The maximum absolute atomic E-state index is 11.3. The van der Waals surface area contributed by atoms with Gasteiger partial charge in [0, 0.05) is 11.5 Å². The third kappa shape index (κ3) is 3.79. The van der Waals surface area contributed by atoms with E-state index in [1.54, 1.807) is 33.8 Å². The van der Waals surface area contributed by atoms with Crippen molar-refractivity contribution in [1.82, 2.24) is 0 Å². The lowest BCUT2D eigenvalue weighted by molar-refractivity contribution is -0.0982. The number of aldehydes is 1. The highest BCUT2D eigenvalue weighted by Crippen LogP contribution is 2.27. The zero-order valence-corrected chi connectivity index (χ0v) is 13.8. The number of rotatable bonds is 7. The second-order valence-corrected chi connectivity index (χ2v) is 5.99. The van der Waals surface area contributed by atoms with Crippen molar-refractivity contribution in [1.29, 1.82) is 0 Å². The molecule has 6 nitrogen and oxygen atoms in total. The summed E-state index contributed by atoms with van der Waals surface area (Å²) in [7, 11) is 1.46. The topological polar surface area (TPSA) is 85.2 Å². The van der Waals surface area contributed by atoms with Crippen molar-refractivity contribution < 1.29 is 29.1 Å². The molecule has 0 saturated carbocycles. The summed E-state index contributed by atoms with van der Waals surface area (Å²) in [6, 6.07) is 3.04. The average molecular weight is 310 g/mol. The van der Waals surface area contributed by atoms with E-state index in [4.69, 9.17) is 14.1 Å². The molecule has 0 spiro atoms. The Hall–Kier alpha value is -1.57. The Morgan fingerprint density at radius 3 is 2.14 bits per heavy atom. The molecule has 1 rings (SSSR count). The van der Waals surface area contributed by atoms with E-state index in [2.05, 4.69) is 0 Å². The third-order valence-corrected chi connectivity index (χ3v) is 3.87. The van der Waals surface area contributed by atoms with Gasteiger partial charge in [-0.05, 0) is 33.8 Å². The van der Waals surface area contributed by atoms with Crippen LogP contribution in [0.25, 0.3) is 0 Å². The molecule has 22 heavy (non-hydrogen) atoms. The lowest BCUT2D eigenvalue weighted by Gasteiger charge is -2.38. The maximum Gasteiger partial charge on any atom is 0.492 e. The van der Waals surface area contributed by atoms with Crippen LogP contribution < -0.4 is 14.9 Å². The van der Waals surface area contributed by atoms with Gasteiger partial charge in [0.25, 0.3) is 0 Å². The number of carbonyl (C=O) groups excluding carboxylic acids is 1. The first-order valence-corrected chi connectivity index (χ1v) is 6.86. The van der Waals surface area contributed by atoms with Crippen LogP contribution in [0.15, 0.2) is 12.1 Å². The van der Waals surface area contributed by atoms with Gasteiger partial charge in [-0.25, -0.2) is 0 Å². The predicted molar refractivity (Wildman–Crippen MR) is 84.0 cm³/mol. The molecule has 1 aromatic carbocycles. The number of benzene rings is 1. The first kappa shape index (κ1) is 18.5. The summed E-state index contributed by atoms with van der Waals surface area (Å²) in [6.07, 6.45) is 0.581. The molecular weight excluding hydrogens is 287 g/mol. The van der Waals surface area contributed by atoms with Gasteiger partial charge in [0.05, 0.1) is 31.0 Å². The van der Waals surface area contributed by atoms with Crippen LogP contribution in [0.3, 0.4) is 0 Å². The molecule has 0 aromatic heterocycles. The molecule has 0 radical (unpaired) electrons. The van der Waals surface area contributed by atoms with E-state index in [0.717, 1.165) is 0 Å². The Morgan fingerprint density at radius 2 is 1.73 bits per heavy atom. The zero-order valence-electron chi connectivity index (χ0n) is 13.8. The highest BCUT2D eigenvalue weighted by Gasteiger charge is 2.40. The monoisotopic (exact) mass is 310 g/mol. The summed E-state index contributed by atoms with van der Waals surface area (Å²) in [5, 5.41) is 20.5. The lowest BCUT2D eigenvalue weighted by atomic mass is 9.74. The SMILES string of the molecule is COc1cc(OC)c(C=O)c(B(O)OC(C)(C)C(C)(C)O)c1. The molecule has 0 bridgehead atoms. The molecule has 0 heterocycles. The van der Waals surface area contributed by atoms with Crippen LogP contribution in [0.1, 0.15) is 38.1 Å². The van der Waals surface area contributed by atoms with Crippen LogP contribution >= 0.6 is 0 Å². The molecule has 0 aliphatic carbocycles. The average Bonchev–Trinajstić information content (AvgIpc) is 2.43. The molecule has 0 aliphatic rings. The zero-order chi connectivity index (χ0) is 17.1. The molecule has 0 aliphatic heterocycles. The number of hydrogen-bond donors (Lipinski definition) is 2. The molecule has 0 saturated heterocycles. The van der Waals surface area contributed by atoms with E-state index in [1.165, 1.54) is 20.3 Å². The van der Waals surface area contributed by atoms with Gasteiger partial charge in [-0.3, -0.25) is 4.79 Å². The van der Waals surface area contributed by atoms with Crippen LogP contribution in [-0.2, 0) is 4.65 Å². The van der Waals surface area contributed by atoms with E-state index in [1.807, 2.05) is 0 Å². The standard InChI is InChI=1S/C15H23BO6/c1-14(2,18)15(3,4)22-16(19)12-7-10(20-5)8-13(21-6)11(12)9-17/h7-9,18-19H,1-6H3. The molecule has 122 valence electrons. The minimum atomic E-state index is -1.43. The van der Waals surface area contributed by atoms with Gasteiger partial charge in [0.2, 0.25) is 0 Å². The highest BCUT2D eigenvalue weighted by molar-refractivity contribution is 6.61. The fourth-order valence-corrected chi connectivity index (χ4v) is 1.73. The van der Waals surface area contributed by atoms with Crippen molar-refractivity contribution in [2.45, 2.75) is 38.9 Å². The van der Waals surface area contributed by atoms with E-state index in [-0.39, 0.29) is 16.8 Å². The van der Waals surface area contributed by atoms with Crippen molar-refractivity contribution in [3.63, 3.8) is 0 Å². The van der Waals surface area contributed by atoms with Gasteiger partial charge in [0.15, 0.2) is 6.29 Å². The predicted octanol–water partition coefficient (Wildman–Crippen LogP) is 0.770. The summed E-state index contributed by atoms with van der Waals surface area (Å²) >= 11 is 0. The number of aliphatic hydroxyl groups is 1. The van der Waals surface area contributed by atoms with Gasteiger partial charge < -0.3 is 24.3 Å². The molecular formula is C15H23BO6. The van der Waals surface area contributed by atoms with Gasteiger partial charge in [0.1, 0.15) is 11.5 Å². The number of carbonyl (C=O) groups is 1. The van der Waals surface area contributed by atoms with Gasteiger partial charge >= 0.3 is 7.12 Å². The minimum Gasteiger partial charge on any atom is -0.497 e. The van der Waals surface area contributed by atoms with Crippen LogP contribution in [-0.4, -0.2) is 49.0 Å². The third-order valence-electron chi connectivity index (χ3n) is 3.87. The number of ether oxygens (including phenoxy) is 2. The molecule has 0 fully saturated rings. The Morgan fingerprint density at radius 1 is 1.14 bits per heavy atom. The highest BCUT2D eigenvalue weighted by atomic mass is 16.5. The Kier molecular flexibility index (Phi) is 5.62. The smallest absolute Gasteiger partial charge is 0.492 e. The number of methoxy groups -OCH3 is 2. The fraction of sp³-hybridized carbons (Fsp3) is 0.533. The number of hydrogen-bond acceptors (Lipinski definition) is 6. The minimum absolute atomic E-state index is 0.169. The summed E-state index contributed by atoms with van der Waals surface area (Å²) in [5.74, 6) is 0.689. The summed E-state index contributed by atoms with van der Waals surface area (Å²) in [6.45, 7) is 6.45. The van der Waals surface area contributed by atoms with E-state index in [9.17, 15) is 14.9 Å². The van der Waals surface area contributed by atoms with E-state index < -0.39 is 18.3 Å². The molecule has 0 atom stereocenters. The van der Waals surface area contributed by atoms with Crippen molar-refractivity contribution in [2.75, 3.05) is 14.2 Å². The van der Waals surface area contributed by atoms with Crippen LogP contribution in [0.4, 0.5) is 0 Å². The maximum atomic E-state index is 11.3. The van der Waals surface area contributed by atoms with Gasteiger partial charge in [-0.2, -0.15) is 0 Å². The van der Waals surface area contributed by atoms with Crippen molar-refractivity contribution in [3.05, 3.63) is 17.7 Å². The van der Waals surface area contributed by atoms with Crippen molar-refractivity contribution in [2.24, 2.45) is 0 Å². The molecule has 2 N–H and O–H groups in total. The Bertz CT molecular complexity index is 536. The van der Waals surface area contributed by atoms with Crippen LogP contribution in [0.2, 0.25) is 0 Å². The molecule has 7 heteroatoms. The Balaban J connectivity index is 3.27. The van der Waals surface area contributed by atoms with E-state index >= 15 is 0 Å². The Labute approximate surface area is 131 Å². The second-order valence-electron chi connectivity index (χ2n) is 5.99. The quantitative estimate of drug-likeness (QED) is 0.571. The summed E-state index contributed by atoms with van der Waals surface area (Å²) in [5.41, 5.74) is -1.87. The normalized spacial score (nSPS) is 12.0. The van der Waals surface area contributed by atoms with Gasteiger partial charge in [-0.1, -0.05) is 0 Å². The molecule has 0 unspecified atom stereocenters. The largest absolute Gasteiger partial charge is 0.497 e. The molecule has 1 aromatic rings. The van der Waals surface area contributed by atoms with Crippen LogP contribution in [0.5, 0.6) is 11.5 Å². The summed E-state index contributed by atoms with van der Waals surface area (Å²) < 4.78 is 15.8.